The van der Waals surface area contributed by atoms with Crippen LogP contribution in [0.5, 0.6) is 11.5 Å². The Morgan fingerprint density at radius 3 is 2.18 bits per heavy atom. The number of benzene rings is 3. The molecule has 0 radical (unpaired) electrons. The van der Waals surface area contributed by atoms with Gasteiger partial charge in [0.15, 0.2) is 11.5 Å². The van der Waals surface area contributed by atoms with Gasteiger partial charge in [-0.05, 0) is 66.6 Å². The van der Waals surface area contributed by atoms with Crippen LogP contribution in [0.4, 0.5) is 0 Å². The summed E-state index contributed by atoms with van der Waals surface area (Å²) in [6, 6.07) is 26.0. The topological polar surface area (TPSA) is 47.7 Å². The predicted octanol–water partition coefficient (Wildman–Crippen LogP) is 6.31. The lowest BCUT2D eigenvalue weighted by atomic mass is 9.90. The van der Waals surface area contributed by atoms with Gasteiger partial charge in [-0.3, -0.25) is 4.90 Å². The molecule has 3 aromatic rings. The maximum Gasteiger partial charge on any atom is 0.161 e. The van der Waals surface area contributed by atoms with E-state index in [1.165, 1.54) is 11.1 Å². The molecule has 0 unspecified atom stereocenters. The second-order valence-electron chi connectivity index (χ2n) is 8.86. The van der Waals surface area contributed by atoms with E-state index < -0.39 is 0 Å². The highest BCUT2D eigenvalue weighted by Crippen LogP contribution is 2.31. The number of halogens is 1. The Morgan fingerprint density at radius 1 is 0.818 bits per heavy atom. The Labute approximate surface area is 205 Å². The van der Waals surface area contributed by atoms with Crippen LogP contribution in [0.2, 0.25) is 0 Å². The summed E-state index contributed by atoms with van der Waals surface area (Å²) in [5.74, 6) is 1.55. The number of hydrogen-bond donors (Lipinski definition) is 1. The minimum atomic E-state index is 0.344. The van der Waals surface area contributed by atoms with Crippen LogP contribution in [0.3, 0.4) is 0 Å². The average molecular weight is 509 g/mol. The molecule has 174 valence electrons. The normalized spacial score (nSPS) is 18.3. The van der Waals surface area contributed by atoms with E-state index >= 15 is 0 Å². The minimum Gasteiger partial charge on any atom is -0.493 e. The van der Waals surface area contributed by atoms with E-state index in [0.29, 0.717) is 18.7 Å². The molecule has 0 spiro atoms. The Morgan fingerprint density at radius 2 is 1.48 bits per heavy atom. The lowest BCUT2D eigenvalue weighted by Crippen LogP contribution is -2.40. The summed E-state index contributed by atoms with van der Waals surface area (Å²) >= 11 is 3.55. The zero-order valence-corrected chi connectivity index (χ0v) is 20.8. The first-order valence-corrected chi connectivity index (χ1v) is 12.5. The van der Waals surface area contributed by atoms with Gasteiger partial charge in [-0.25, -0.2) is 0 Å². The van der Waals surface area contributed by atoms with Crippen molar-refractivity contribution in [3.63, 3.8) is 0 Å². The SMILES string of the molecule is COc1cc(CN(Cc2ccc(Br)cc2)C2CCC(N)CC2)ccc1OCc1ccccc1. The largest absolute Gasteiger partial charge is 0.493 e. The molecule has 2 N–H and O–H groups in total. The van der Waals surface area contributed by atoms with Gasteiger partial charge in [0.2, 0.25) is 0 Å². The molecule has 0 saturated heterocycles. The molecule has 3 aromatic carbocycles. The summed E-state index contributed by atoms with van der Waals surface area (Å²) in [5, 5.41) is 0. The van der Waals surface area contributed by atoms with Crippen molar-refractivity contribution in [2.24, 2.45) is 5.73 Å². The molecular formula is C28H33BrN2O2. The molecular weight excluding hydrogens is 476 g/mol. The van der Waals surface area contributed by atoms with Gasteiger partial charge in [-0.1, -0.05) is 64.5 Å². The first-order chi connectivity index (χ1) is 16.1. The molecule has 0 aromatic heterocycles. The van der Waals surface area contributed by atoms with Gasteiger partial charge in [0.1, 0.15) is 6.61 Å². The van der Waals surface area contributed by atoms with E-state index in [1.807, 2.05) is 24.3 Å². The van der Waals surface area contributed by atoms with E-state index in [9.17, 15) is 0 Å². The Balaban J connectivity index is 1.48. The minimum absolute atomic E-state index is 0.344. The fourth-order valence-corrected chi connectivity index (χ4v) is 4.77. The van der Waals surface area contributed by atoms with Crippen LogP contribution < -0.4 is 15.2 Å². The van der Waals surface area contributed by atoms with Crippen LogP contribution in [0.15, 0.2) is 77.3 Å². The van der Waals surface area contributed by atoms with Gasteiger partial charge in [-0.2, -0.15) is 0 Å². The van der Waals surface area contributed by atoms with Gasteiger partial charge in [-0.15, -0.1) is 0 Å². The van der Waals surface area contributed by atoms with E-state index in [0.717, 1.165) is 60.3 Å². The van der Waals surface area contributed by atoms with E-state index in [2.05, 4.69) is 69.4 Å². The van der Waals surface area contributed by atoms with Crippen molar-refractivity contribution in [1.82, 2.24) is 4.90 Å². The van der Waals surface area contributed by atoms with Crippen molar-refractivity contribution in [3.05, 3.63) is 94.0 Å². The highest BCUT2D eigenvalue weighted by Gasteiger charge is 2.25. The fraction of sp³-hybridized carbons (Fsp3) is 0.357. The van der Waals surface area contributed by atoms with Crippen molar-refractivity contribution in [2.75, 3.05) is 7.11 Å². The van der Waals surface area contributed by atoms with Gasteiger partial charge in [0.25, 0.3) is 0 Å². The summed E-state index contributed by atoms with van der Waals surface area (Å²) in [6.07, 6.45) is 4.48. The third-order valence-corrected chi connectivity index (χ3v) is 6.94. The van der Waals surface area contributed by atoms with Crippen LogP contribution in [0.1, 0.15) is 42.4 Å². The van der Waals surface area contributed by atoms with Gasteiger partial charge >= 0.3 is 0 Å². The Bertz CT molecular complexity index is 1000. The standard InChI is InChI=1S/C28H33BrN2O2/c1-32-28-17-23(9-16-27(28)33-20-22-5-3-2-4-6-22)19-31(26-14-12-25(30)13-15-26)18-21-7-10-24(29)11-8-21/h2-11,16-17,25-26H,12-15,18-20,30H2,1H3. The number of nitrogens with zero attached hydrogens (tertiary/aromatic N) is 1. The fourth-order valence-electron chi connectivity index (χ4n) is 4.50. The molecule has 0 atom stereocenters. The molecule has 1 fully saturated rings. The van der Waals surface area contributed by atoms with Crippen molar-refractivity contribution < 1.29 is 9.47 Å². The molecule has 5 heteroatoms. The maximum atomic E-state index is 6.19. The summed E-state index contributed by atoms with van der Waals surface area (Å²) < 4.78 is 12.8. The summed E-state index contributed by atoms with van der Waals surface area (Å²) in [7, 11) is 1.70. The van der Waals surface area contributed by atoms with Gasteiger partial charge in [0.05, 0.1) is 7.11 Å². The predicted molar refractivity (Wildman–Crippen MR) is 137 cm³/mol. The van der Waals surface area contributed by atoms with Crippen molar-refractivity contribution >= 4 is 15.9 Å². The van der Waals surface area contributed by atoms with Crippen molar-refractivity contribution in [3.8, 4) is 11.5 Å². The first-order valence-electron chi connectivity index (χ1n) is 11.7. The molecule has 1 aliphatic rings. The molecule has 1 saturated carbocycles. The van der Waals surface area contributed by atoms with Crippen molar-refractivity contribution in [2.45, 2.75) is 57.5 Å². The Hall–Kier alpha value is -2.34. The lowest BCUT2D eigenvalue weighted by Gasteiger charge is -2.36. The monoisotopic (exact) mass is 508 g/mol. The molecule has 0 amide bonds. The first kappa shape index (κ1) is 23.8. The molecule has 0 bridgehead atoms. The van der Waals surface area contributed by atoms with Gasteiger partial charge in [0, 0.05) is 29.6 Å². The zero-order valence-electron chi connectivity index (χ0n) is 19.3. The highest BCUT2D eigenvalue weighted by atomic mass is 79.9. The molecule has 1 aliphatic carbocycles. The van der Waals surface area contributed by atoms with Crippen molar-refractivity contribution in [1.29, 1.82) is 0 Å². The molecule has 4 nitrogen and oxygen atoms in total. The maximum absolute atomic E-state index is 6.19. The van der Waals surface area contributed by atoms with Crippen LogP contribution >= 0.6 is 15.9 Å². The third kappa shape index (κ3) is 6.83. The molecule has 4 rings (SSSR count). The number of ether oxygens (including phenoxy) is 2. The van der Waals surface area contributed by atoms with Crippen LogP contribution in [-0.4, -0.2) is 24.1 Å². The number of nitrogens with two attached hydrogens (primary N) is 1. The Kier molecular flexibility index (Phi) is 8.43. The molecule has 33 heavy (non-hydrogen) atoms. The molecule has 0 aliphatic heterocycles. The van der Waals surface area contributed by atoms with Gasteiger partial charge < -0.3 is 15.2 Å². The van der Waals surface area contributed by atoms with Crippen LogP contribution in [0.25, 0.3) is 0 Å². The quantitative estimate of drug-likeness (QED) is 0.367. The second kappa shape index (κ2) is 11.7. The number of methoxy groups -OCH3 is 1. The average Bonchev–Trinajstić information content (AvgIpc) is 2.85. The highest BCUT2D eigenvalue weighted by molar-refractivity contribution is 9.10. The van der Waals surface area contributed by atoms with E-state index in [4.69, 9.17) is 15.2 Å². The molecule has 0 heterocycles. The van der Waals surface area contributed by atoms with E-state index in [1.54, 1.807) is 7.11 Å². The van der Waals surface area contributed by atoms with E-state index in [-0.39, 0.29) is 0 Å². The third-order valence-electron chi connectivity index (χ3n) is 6.41. The summed E-state index contributed by atoms with van der Waals surface area (Å²) in [4.78, 5) is 2.59. The smallest absolute Gasteiger partial charge is 0.161 e. The number of rotatable bonds is 9. The number of hydrogen-bond acceptors (Lipinski definition) is 4. The van der Waals surface area contributed by atoms with Crippen LogP contribution in [0, 0.1) is 0 Å². The second-order valence-corrected chi connectivity index (χ2v) is 9.78. The summed E-state index contributed by atoms with van der Waals surface area (Å²) in [5.41, 5.74) is 9.88. The summed E-state index contributed by atoms with van der Waals surface area (Å²) in [6.45, 7) is 2.31. The zero-order chi connectivity index (χ0) is 23.0. The lowest BCUT2D eigenvalue weighted by molar-refractivity contribution is 0.134. The van der Waals surface area contributed by atoms with Crippen LogP contribution in [-0.2, 0) is 19.7 Å².